The molecule has 0 aromatic rings. The highest BCUT2D eigenvalue weighted by molar-refractivity contribution is 4.59. The summed E-state index contributed by atoms with van der Waals surface area (Å²) in [6.45, 7) is 8.71. The first-order chi connectivity index (χ1) is 8.07. The third-order valence-corrected chi connectivity index (χ3v) is 3.96. The Morgan fingerprint density at radius 1 is 0.765 bits per heavy atom. The third kappa shape index (κ3) is 10.8. The number of aliphatic hydroxyl groups is 1. The fourth-order valence-electron chi connectivity index (χ4n) is 2.37. The van der Waals surface area contributed by atoms with Crippen LogP contribution in [0.2, 0.25) is 0 Å². The van der Waals surface area contributed by atoms with Crippen LogP contribution in [-0.2, 0) is 0 Å². The summed E-state index contributed by atoms with van der Waals surface area (Å²) in [6, 6.07) is 0. The maximum Gasteiger partial charge on any atom is 0.0537 e. The monoisotopic (exact) mass is 242 g/mol. The molecule has 3 unspecified atom stereocenters. The maximum absolute atomic E-state index is 9.37. The first-order valence-electron chi connectivity index (χ1n) is 7.76. The second-order valence-corrected chi connectivity index (χ2v) is 5.96. The fraction of sp³-hybridized carbons (Fsp3) is 1.00. The van der Waals surface area contributed by atoms with Crippen molar-refractivity contribution in [3.05, 3.63) is 0 Å². The molecule has 0 saturated carbocycles. The molecule has 0 spiro atoms. The summed E-state index contributed by atoms with van der Waals surface area (Å²) >= 11 is 0. The van der Waals surface area contributed by atoms with Crippen molar-refractivity contribution >= 4 is 0 Å². The molecule has 1 N–H and O–H groups in total. The zero-order chi connectivity index (χ0) is 13.1. The highest BCUT2D eigenvalue weighted by Gasteiger charge is 2.07. The first kappa shape index (κ1) is 17.0. The summed E-state index contributed by atoms with van der Waals surface area (Å²) < 4.78 is 0. The minimum atomic E-state index is -0.134. The van der Waals surface area contributed by atoms with Gasteiger partial charge in [0.25, 0.3) is 0 Å². The van der Waals surface area contributed by atoms with Crippen LogP contribution in [0.25, 0.3) is 0 Å². The highest BCUT2D eigenvalue weighted by Crippen LogP contribution is 2.17. The summed E-state index contributed by atoms with van der Waals surface area (Å²) in [5.41, 5.74) is 0. The summed E-state index contributed by atoms with van der Waals surface area (Å²) in [5, 5.41) is 9.37. The lowest BCUT2D eigenvalue weighted by molar-refractivity contribution is 0.128. The van der Waals surface area contributed by atoms with Crippen molar-refractivity contribution in [2.45, 2.75) is 91.6 Å². The summed E-state index contributed by atoms with van der Waals surface area (Å²) in [5.74, 6) is 1.40. The van der Waals surface area contributed by atoms with Crippen molar-refractivity contribution in [1.82, 2.24) is 0 Å². The molecule has 0 amide bonds. The molecule has 0 radical (unpaired) electrons. The van der Waals surface area contributed by atoms with Gasteiger partial charge in [-0.1, -0.05) is 72.1 Å². The number of hydrogen-bond acceptors (Lipinski definition) is 1. The zero-order valence-corrected chi connectivity index (χ0v) is 12.5. The summed E-state index contributed by atoms with van der Waals surface area (Å²) in [4.78, 5) is 0. The molecule has 1 heteroatoms. The lowest BCUT2D eigenvalue weighted by Crippen LogP contribution is -2.12. The molecule has 0 aromatic heterocycles. The lowest BCUT2D eigenvalue weighted by Gasteiger charge is -2.14. The Kier molecular flexibility index (Phi) is 11.0. The van der Waals surface area contributed by atoms with Gasteiger partial charge in [0.2, 0.25) is 0 Å². The molecule has 17 heavy (non-hydrogen) atoms. The minimum Gasteiger partial charge on any atom is -0.393 e. The quantitative estimate of drug-likeness (QED) is 0.496. The third-order valence-electron chi connectivity index (χ3n) is 3.96. The molecule has 3 atom stereocenters. The van der Waals surface area contributed by atoms with Crippen molar-refractivity contribution < 1.29 is 5.11 Å². The van der Waals surface area contributed by atoms with E-state index in [1.165, 1.54) is 57.8 Å². The van der Waals surface area contributed by atoms with Crippen LogP contribution in [0.3, 0.4) is 0 Å². The molecule has 0 fully saturated rings. The van der Waals surface area contributed by atoms with E-state index in [1.54, 1.807) is 0 Å². The Hall–Kier alpha value is -0.0400. The lowest BCUT2D eigenvalue weighted by atomic mass is 9.96. The molecule has 0 aliphatic carbocycles. The summed E-state index contributed by atoms with van der Waals surface area (Å²) in [6.07, 6.45) is 12.0. The topological polar surface area (TPSA) is 20.2 Å². The van der Waals surface area contributed by atoms with Gasteiger partial charge in [0, 0.05) is 0 Å². The second-order valence-electron chi connectivity index (χ2n) is 5.96. The van der Waals surface area contributed by atoms with E-state index in [-0.39, 0.29) is 6.10 Å². The van der Waals surface area contributed by atoms with Crippen molar-refractivity contribution in [1.29, 1.82) is 0 Å². The van der Waals surface area contributed by atoms with Gasteiger partial charge in [-0.15, -0.1) is 0 Å². The molecular formula is C16H34O. The smallest absolute Gasteiger partial charge is 0.0537 e. The van der Waals surface area contributed by atoms with Crippen molar-refractivity contribution in [2.75, 3.05) is 0 Å². The van der Waals surface area contributed by atoms with Crippen LogP contribution in [0, 0.1) is 11.8 Å². The van der Waals surface area contributed by atoms with Crippen molar-refractivity contribution in [3.8, 4) is 0 Å². The van der Waals surface area contributed by atoms with Gasteiger partial charge in [-0.05, 0) is 25.2 Å². The van der Waals surface area contributed by atoms with Gasteiger partial charge in [-0.25, -0.2) is 0 Å². The van der Waals surface area contributed by atoms with E-state index in [0.29, 0.717) is 5.92 Å². The van der Waals surface area contributed by atoms with Crippen LogP contribution >= 0.6 is 0 Å². The van der Waals surface area contributed by atoms with E-state index in [4.69, 9.17) is 0 Å². The molecule has 0 saturated heterocycles. The van der Waals surface area contributed by atoms with Gasteiger partial charge in [0.15, 0.2) is 0 Å². The highest BCUT2D eigenvalue weighted by atomic mass is 16.3. The molecule has 0 aliphatic rings. The number of aliphatic hydroxyl groups excluding tert-OH is 1. The van der Waals surface area contributed by atoms with Crippen LogP contribution in [-0.4, -0.2) is 11.2 Å². The van der Waals surface area contributed by atoms with Crippen LogP contribution in [0.5, 0.6) is 0 Å². The number of unbranched alkanes of at least 4 members (excludes halogenated alkanes) is 4. The molecule has 0 rings (SSSR count). The molecule has 1 nitrogen and oxygen atoms in total. The Morgan fingerprint density at radius 3 is 1.82 bits per heavy atom. The standard InChI is InChI=1S/C16H34O/c1-5-11-14(2)12-9-7-6-8-10-13-15(3)16(4)17/h14-17H,5-13H2,1-4H3. The van der Waals surface area contributed by atoms with E-state index in [2.05, 4.69) is 20.8 Å². The second kappa shape index (κ2) is 11.1. The molecule has 0 aromatic carbocycles. The normalized spacial score (nSPS) is 16.8. The van der Waals surface area contributed by atoms with Gasteiger partial charge in [-0.2, -0.15) is 0 Å². The zero-order valence-electron chi connectivity index (χ0n) is 12.5. The predicted molar refractivity (Wildman–Crippen MR) is 77.2 cm³/mol. The van der Waals surface area contributed by atoms with E-state index < -0.39 is 0 Å². The van der Waals surface area contributed by atoms with Crippen LogP contribution in [0.15, 0.2) is 0 Å². The first-order valence-corrected chi connectivity index (χ1v) is 7.76. The molecular weight excluding hydrogens is 208 g/mol. The van der Waals surface area contributed by atoms with Crippen LogP contribution in [0.4, 0.5) is 0 Å². The van der Waals surface area contributed by atoms with Crippen LogP contribution < -0.4 is 0 Å². The van der Waals surface area contributed by atoms with E-state index in [0.717, 1.165) is 5.92 Å². The Bertz CT molecular complexity index is 154. The predicted octanol–water partition coefficient (Wildman–Crippen LogP) is 5.17. The van der Waals surface area contributed by atoms with Gasteiger partial charge < -0.3 is 5.11 Å². The van der Waals surface area contributed by atoms with Gasteiger partial charge in [0.1, 0.15) is 0 Å². The van der Waals surface area contributed by atoms with Crippen LogP contribution in [0.1, 0.15) is 85.5 Å². The average Bonchev–Trinajstić information content (AvgIpc) is 2.27. The molecule has 104 valence electrons. The molecule has 0 bridgehead atoms. The van der Waals surface area contributed by atoms with Gasteiger partial charge in [0.05, 0.1) is 6.10 Å². The number of rotatable bonds is 11. The van der Waals surface area contributed by atoms with Crippen molar-refractivity contribution in [2.24, 2.45) is 11.8 Å². The maximum atomic E-state index is 9.37. The SMILES string of the molecule is CCCC(C)CCCCCCCC(C)C(C)O. The van der Waals surface area contributed by atoms with Crippen molar-refractivity contribution in [3.63, 3.8) is 0 Å². The van der Waals surface area contributed by atoms with Gasteiger partial charge >= 0.3 is 0 Å². The van der Waals surface area contributed by atoms with E-state index in [1.807, 2.05) is 6.92 Å². The molecule has 0 aliphatic heterocycles. The van der Waals surface area contributed by atoms with E-state index >= 15 is 0 Å². The number of hydrogen-bond donors (Lipinski definition) is 1. The van der Waals surface area contributed by atoms with Gasteiger partial charge in [-0.3, -0.25) is 0 Å². The Labute approximate surface area is 109 Å². The Balaban J connectivity index is 3.19. The largest absolute Gasteiger partial charge is 0.393 e. The average molecular weight is 242 g/mol. The Morgan fingerprint density at radius 2 is 1.29 bits per heavy atom. The van der Waals surface area contributed by atoms with E-state index in [9.17, 15) is 5.11 Å². The minimum absolute atomic E-state index is 0.134. The molecule has 0 heterocycles. The summed E-state index contributed by atoms with van der Waals surface area (Å²) in [7, 11) is 0. The fourth-order valence-corrected chi connectivity index (χ4v) is 2.37.